The molecule has 1 atom stereocenters. The van der Waals surface area contributed by atoms with E-state index in [4.69, 9.17) is 4.74 Å². The lowest BCUT2D eigenvalue weighted by molar-refractivity contribution is 0.205. The third-order valence-corrected chi connectivity index (χ3v) is 5.21. The number of likely N-dealkylation sites (tertiary alicyclic amines) is 1. The Bertz CT molecular complexity index is 729. The topological polar surface area (TPSA) is 46.5 Å². The monoisotopic (exact) mass is 345 g/mol. The minimum atomic E-state index is -0.0751. The van der Waals surface area contributed by atoms with Crippen molar-refractivity contribution in [3.63, 3.8) is 0 Å². The Hall–Kier alpha value is -2.08. The van der Waals surface area contributed by atoms with Crippen molar-refractivity contribution < 1.29 is 9.53 Å². The second-order valence-corrected chi connectivity index (χ2v) is 6.77. The average molecular weight is 345 g/mol. The summed E-state index contributed by atoms with van der Waals surface area (Å²) in [6.07, 6.45) is 6.05. The van der Waals surface area contributed by atoms with Crippen LogP contribution in [-0.4, -0.2) is 35.4 Å². The largest absolute Gasteiger partial charge is 0.495 e. The molecule has 5 nitrogen and oxygen atoms in total. The molecule has 1 aromatic heterocycles. The first-order valence-electron chi connectivity index (χ1n) is 8.05. The van der Waals surface area contributed by atoms with Crippen LogP contribution in [0, 0.1) is 0 Å². The molecule has 1 unspecified atom stereocenters. The van der Waals surface area contributed by atoms with Gasteiger partial charge in [0.15, 0.2) is 0 Å². The highest BCUT2D eigenvalue weighted by molar-refractivity contribution is 7.98. The molecule has 1 aliphatic rings. The zero-order valence-corrected chi connectivity index (χ0v) is 15.1. The zero-order valence-electron chi connectivity index (χ0n) is 14.3. The fourth-order valence-electron chi connectivity index (χ4n) is 3.23. The maximum atomic E-state index is 12.8. The van der Waals surface area contributed by atoms with E-state index in [2.05, 4.69) is 16.0 Å². The fraction of sp³-hybridized carbons (Fsp3) is 0.389. The summed E-state index contributed by atoms with van der Waals surface area (Å²) in [6, 6.07) is 9.99. The maximum absolute atomic E-state index is 12.8. The standard InChI is InChI=1S/C18H23N3O2S/c1-20-10-4-6-15(20)16-7-5-11-21(16)18(22)19-14-9-8-13(24-3)12-17(14)23-2/h4,6,8-10,12,16H,5,7,11H2,1-3H3,(H,19,22). The number of aryl methyl sites for hydroxylation is 1. The Morgan fingerprint density at radius 1 is 1.38 bits per heavy atom. The molecule has 1 saturated heterocycles. The van der Waals surface area contributed by atoms with E-state index in [-0.39, 0.29) is 12.1 Å². The lowest BCUT2D eigenvalue weighted by atomic mass is 10.1. The van der Waals surface area contributed by atoms with Gasteiger partial charge >= 0.3 is 6.03 Å². The molecule has 1 aliphatic heterocycles. The number of thioether (sulfide) groups is 1. The number of carbonyl (C=O) groups is 1. The maximum Gasteiger partial charge on any atom is 0.322 e. The van der Waals surface area contributed by atoms with E-state index >= 15 is 0 Å². The van der Waals surface area contributed by atoms with Gasteiger partial charge in [0.2, 0.25) is 0 Å². The number of rotatable bonds is 4. The van der Waals surface area contributed by atoms with Crippen molar-refractivity contribution in [3.05, 3.63) is 42.2 Å². The first-order chi connectivity index (χ1) is 11.6. The summed E-state index contributed by atoms with van der Waals surface area (Å²) in [7, 11) is 3.64. The van der Waals surface area contributed by atoms with Gasteiger partial charge in [-0.15, -0.1) is 11.8 Å². The lowest BCUT2D eigenvalue weighted by Gasteiger charge is -2.26. The first kappa shape index (κ1) is 16.8. The molecule has 1 N–H and O–H groups in total. The van der Waals surface area contributed by atoms with Crippen LogP contribution in [0.25, 0.3) is 0 Å². The number of urea groups is 1. The summed E-state index contributed by atoms with van der Waals surface area (Å²) in [6.45, 7) is 0.771. The molecule has 1 aromatic carbocycles. The minimum absolute atomic E-state index is 0.0751. The number of ether oxygens (including phenoxy) is 1. The SMILES string of the molecule is COc1cc(SC)ccc1NC(=O)N1CCCC1c1cccn1C. The van der Waals surface area contributed by atoms with Gasteiger partial charge in [-0.2, -0.15) is 0 Å². The van der Waals surface area contributed by atoms with E-state index in [9.17, 15) is 4.79 Å². The molecule has 2 aromatic rings. The van der Waals surface area contributed by atoms with Crippen LogP contribution in [0.15, 0.2) is 41.4 Å². The number of hydrogen-bond donors (Lipinski definition) is 1. The summed E-state index contributed by atoms with van der Waals surface area (Å²) in [5, 5.41) is 3.01. The highest BCUT2D eigenvalue weighted by atomic mass is 32.2. The number of carbonyl (C=O) groups excluding carboxylic acids is 1. The Balaban J connectivity index is 1.78. The normalized spacial score (nSPS) is 17.1. The van der Waals surface area contributed by atoms with Crippen LogP contribution in [0.4, 0.5) is 10.5 Å². The Morgan fingerprint density at radius 2 is 2.21 bits per heavy atom. The van der Waals surface area contributed by atoms with Gasteiger partial charge in [0.1, 0.15) is 5.75 Å². The first-order valence-corrected chi connectivity index (χ1v) is 9.27. The van der Waals surface area contributed by atoms with Crippen molar-refractivity contribution in [2.45, 2.75) is 23.8 Å². The molecule has 0 bridgehead atoms. The molecular formula is C18H23N3O2S. The minimum Gasteiger partial charge on any atom is -0.495 e. The number of aromatic nitrogens is 1. The van der Waals surface area contributed by atoms with E-state index in [0.29, 0.717) is 11.4 Å². The molecular weight excluding hydrogens is 322 g/mol. The summed E-state index contributed by atoms with van der Waals surface area (Å²) in [5.74, 6) is 0.685. The molecule has 3 rings (SSSR count). The van der Waals surface area contributed by atoms with E-state index in [1.54, 1.807) is 18.9 Å². The molecule has 1 fully saturated rings. The number of anilines is 1. The van der Waals surface area contributed by atoms with Crippen LogP contribution in [0.1, 0.15) is 24.6 Å². The van der Waals surface area contributed by atoms with Crippen LogP contribution in [0.5, 0.6) is 5.75 Å². The van der Waals surface area contributed by atoms with E-state index < -0.39 is 0 Å². The van der Waals surface area contributed by atoms with Crippen molar-refractivity contribution in [3.8, 4) is 5.75 Å². The van der Waals surface area contributed by atoms with E-state index in [0.717, 1.165) is 24.3 Å². The van der Waals surface area contributed by atoms with Crippen molar-refractivity contribution in [1.82, 2.24) is 9.47 Å². The number of amides is 2. The van der Waals surface area contributed by atoms with Crippen LogP contribution in [0.3, 0.4) is 0 Å². The predicted molar refractivity (Wildman–Crippen MR) is 97.9 cm³/mol. The summed E-state index contributed by atoms with van der Waals surface area (Å²) in [4.78, 5) is 15.8. The number of nitrogens with zero attached hydrogens (tertiary/aromatic N) is 2. The molecule has 0 saturated carbocycles. The van der Waals surface area contributed by atoms with Crippen molar-refractivity contribution in [2.24, 2.45) is 7.05 Å². The number of methoxy groups -OCH3 is 1. The third kappa shape index (κ3) is 3.24. The lowest BCUT2D eigenvalue weighted by Crippen LogP contribution is -2.35. The van der Waals surface area contributed by atoms with Gasteiger partial charge in [0, 0.05) is 30.4 Å². The molecule has 0 spiro atoms. The smallest absolute Gasteiger partial charge is 0.322 e. The molecule has 2 amide bonds. The van der Waals surface area contributed by atoms with Gasteiger partial charge in [-0.1, -0.05) is 0 Å². The van der Waals surface area contributed by atoms with Gasteiger partial charge in [-0.05, 0) is 49.4 Å². The molecule has 0 radical (unpaired) electrons. The summed E-state index contributed by atoms with van der Waals surface area (Å²) >= 11 is 1.65. The number of hydrogen-bond acceptors (Lipinski definition) is 3. The van der Waals surface area contributed by atoms with Crippen molar-refractivity contribution >= 4 is 23.5 Å². The highest BCUT2D eigenvalue weighted by Gasteiger charge is 2.31. The van der Waals surface area contributed by atoms with Crippen LogP contribution < -0.4 is 10.1 Å². The highest BCUT2D eigenvalue weighted by Crippen LogP contribution is 2.34. The van der Waals surface area contributed by atoms with Gasteiger partial charge in [0.05, 0.1) is 18.8 Å². The Kier molecular flexibility index (Phi) is 5.04. The second kappa shape index (κ2) is 7.21. The predicted octanol–water partition coefficient (Wildman–Crippen LogP) is 4.12. The van der Waals surface area contributed by atoms with Crippen LogP contribution in [0.2, 0.25) is 0 Å². The van der Waals surface area contributed by atoms with Gasteiger partial charge in [-0.25, -0.2) is 4.79 Å². The molecule has 24 heavy (non-hydrogen) atoms. The van der Waals surface area contributed by atoms with Crippen LogP contribution in [-0.2, 0) is 7.05 Å². The fourth-order valence-corrected chi connectivity index (χ4v) is 3.66. The van der Waals surface area contributed by atoms with Gasteiger partial charge in [-0.3, -0.25) is 0 Å². The Labute approximate surface area is 147 Å². The third-order valence-electron chi connectivity index (χ3n) is 4.49. The second-order valence-electron chi connectivity index (χ2n) is 5.89. The average Bonchev–Trinajstić information content (AvgIpc) is 3.23. The van der Waals surface area contributed by atoms with E-state index in [1.165, 1.54) is 5.69 Å². The van der Waals surface area contributed by atoms with Crippen molar-refractivity contribution in [2.75, 3.05) is 25.2 Å². The summed E-state index contributed by atoms with van der Waals surface area (Å²) in [5.41, 5.74) is 1.88. The van der Waals surface area contributed by atoms with E-state index in [1.807, 2.05) is 48.7 Å². The number of benzene rings is 1. The quantitative estimate of drug-likeness (QED) is 0.848. The van der Waals surface area contributed by atoms with Gasteiger partial charge in [0.25, 0.3) is 0 Å². The molecule has 0 aliphatic carbocycles. The molecule has 6 heteroatoms. The molecule has 128 valence electrons. The van der Waals surface area contributed by atoms with Crippen LogP contribution >= 0.6 is 11.8 Å². The zero-order chi connectivity index (χ0) is 17.1. The van der Waals surface area contributed by atoms with Crippen molar-refractivity contribution in [1.29, 1.82) is 0 Å². The van der Waals surface area contributed by atoms with Gasteiger partial charge < -0.3 is 19.5 Å². The Morgan fingerprint density at radius 3 is 2.88 bits per heavy atom. The molecule has 2 heterocycles. The summed E-state index contributed by atoms with van der Waals surface area (Å²) < 4.78 is 7.51. The number of nitrogens with one attached hydrogen (secondary N) is 1.